The van der Waals surface area contributed by atoms with Crippen LogP contribution in [0.4, 0.5) is 0 Å². The Morgan fingerprint density at radius 2 is 2.10 bits per heavy atom. The molecule has 1 N–H and O–H groups in total. The molecule has 0 saturated carbocycles. The Balaban J connectivity index is 2.11. The van der Waals surface area contributed by atoms with Gasteiger partial charge in [-0.25, -0.2) is 0 Å². The van der Waals surface area contributed by atoms with E-state index in [1.54, 1.807) is 0 Å². The summed E-state index contributed by atoms with van der Waals surface area (Å²) < 4.78 is 0. The van der Waals surface area contributed by atoms with Crippen molar-refractivity contribution in [3.8, 4) is 0 Å². The maximum Gasteiger partial charge on any atom is 0.0278 e. The van der Waals surface area contributed by atoms with Crippen LogP contribution in [0.5, 0.6) is 0 Å². The van der Waals surface area contributed by atoms with Crippen LogP contribution in [0.15, 0.2) is 12.1 Å². The molecule has 0 amide bonds. The molecule has 1 aromatic heterocycles. The summed E-state index contributed by atoms with van der Waals surface area (Å²) in [5, 5.41) is 3.79. The molecule has 1 saturated heterocycles. The molecule has 2 heterocycles. The van der Waals surface area contributed by atoms with Gasteiger partial charge in [-0.3, -0.25) is 4.90 Å². The van der Waals surface area contributed by atoms with Crippen molar-refractivity contribution in [3.63, 3.8) is 0 Å². The van der Waals surface area contributed by atoms with E-state index in [9.17, 15) is 0 Å². The van der Waals surface area contributed by atoms with E-state index in [-0.39, 0.29) is 5.54 Å². The summed E-state index contributed by atoms with van der Waals surface area (Å²) in [6.07, 6.45) is 2.38. The highest BCUT2D eigenvalue weighted by Gasteiger charge is 2.37. The van der Waals surface area contributed by atoms with Gasteiger partial charge in [0.1, 0.15) is 0 Å². The molecule has 21 heavy (non-hydrogen) atoms. The summed E-state index contributed by atoms with van der Waals surface area (Å²) in [6, 6.07) is 5.83. The third-order valence-corrected chi connectivity index (χ3v) is 6.13. The van der Waals surface area contributed by atoms with Crippen molar-refractivity contribution in [2.24, 2.45) is 5.92 Å². The minimum atomic E-state index is 0.269. The first kappa shape index (κ1) is 17.0. The molecule has 1 aliphatic heterocycles. The van der Waals surface area contributed by atoms with E-state index in [1.165, 1.54) is 22.6 Å². The first-order chi connectivity index (χ1) is 9.84. The lowest BCUT2D eigenvalue weighted by atomic mass is 9.88. The van der Waals surface area contributed by atoms with E-state index in [0.29, 0.717) is 18.0 Å². The van der Waals surface area contributed by atoms with Crippen molar-refractivity contribution in [2.45, 2.75) is 72.0 Å². The molecule has 120 valence electrons. The quantitative estimate of drug-likeness (QED) is 0.881. The minimum absolute atomic E-state index is 0.269. The number of thiophene rings is 1. The molecule has 2 nitrogen and oxygen atoms in total. The van der Waals surface area contributed by atoms with Crippen LogP contribution in [-0.2, 0) is 6.42 Å². The molecular weight excluding hydrogens is 276 g/mol. The zero-order chi connectivity index (χ0) is 15.6. The maximum atomic E-state index is 3.79. The van der Waals surface area contributed by atoms with Crippen LogP contribution in [0.3, 0.4) is 0 Å². The zero-order valence-corrected chi connectivity index (χ0v) is 15.4. The molecule has 3 heteroatoms. The van der Waals surface area contributed by atoms with Gasteiger partial charge in [0.05, 0.1) is 0 Å². The number of piperazine rings is 1. The molecule has 1 aliphatic rings. The predicted octanol–water partition coefficient (Wildman–Crippen LogP) is 4.09. The standard InChI is InChI=1S/C18H32N2S/c1-7-18(6)12-20(17(11-19-18)13(2)3)14(4)10-16-9-8-15(5)21-16/h8-9,13-14,17,19H,7,10-12H2,1-6H3. The van der Waals surface area contributed by atoms with Gasteiger partial charge in [0.25, 0.3) is 0 Å². The first-order valence-electron chi connectivity index (χ1n) is 8.40. The molecule has 3 unspecified atom stereocenters. The van der Waals surface area contributed by atoms with E-state index in [0.717, 1.165) is 13.1 Å². The molecule has 3 atom stereocenters. The molecule has 2 rings (SSSR count). The summed E-state index contributed by atoms with van der Waals surface area (Å²) in [5.41, 5.74) is 0.269. The molecule has 0 spiro atoms. The van der Waals surface area contributed by atoms with Gasteiger partial charge >= 0.3 is 0 Å². The number of hydrogen-bond acceptors (Lipinski definition) is 3. The zero-order valence-electron chi connectivity index (χ0n) is 14.6. The third kappa shape index (κ3) is 4.08. The fourth-order valence-corrected chi connectivity index (χ4v) is 4.40. The van der Waals surface area contributed by atoms with Crippen molar-refractivity contribution >= 4 is 11.3 Å². The van der Waals surface area contributed by atoms with Gasteiger partial charge in [-0.2, -0.15) is 0 Å². The average Bonchev–Trinajstić information content (AvgIpc) is 2.83. The molecule has 1 aromatic rings. The summed E-state index contributed by atoms with van der Waals surface area (Å²) in [5.74, 6) is 0.700. The summed E-state index contributed by atoms with van der Waals surface area (Å²) >= 11 is 1.95. The number of aryl methyl sites for hydroxylation is 1. The Kier molecular flexibility index (Phi) is 5.50. The molecular formula is C18H32N2S. The van der Waals surface area contributed by atoms with Crippen LogP contribution in [0.2, 0.25) is 0 Å². The normalized spacial score (nSPS) is 29.0. The van der Waals surface area contributed by atoms with Crippen LogP contribution in [-0.4, -0.2) is 35.6 Å². The maximum absolute atomic E-state index is 3.79. The topological polar surface area (TPSA) is 15.3 Å². The highest BCUT2D eigenvalue weighted by Crippen LogP contribution is 2.27. The van der Waals surface area contributed by atoms with Crippen molar-refractivity contribution in [1.29, 1.82) is 0 Å². The second kappa shape index (κ2) is 6.80. The average molecular weight is 309 g/mol. The highest BCUT2D eigenvalue weighted by molar-refractivity contribution is 7.11. The van der Waals surface area contributed by atoms with Gasteiger partial charge in [-0.1, -0.05) is 20.8 Å². The lowest BCUT2D eigenvalue weighted by molar-refractivity contribution is 0.0305. The molecule has 0 aromatic carbocycles. The second-order valence-electron chi connectivity index (χ2n) is 7.34. The second-order valence-corrected chi connectivity index (χ2v) is 8.72. The van der Waals surface area contributed by atoms with Gasteiger partial charge in [-0.15, -0.1) is 11.3 Å². The number of rotatable bonds is 5. The van der Waals surface area contributed by atoms with Crippen molar-refractivity contribution in [2.75, 3.05) is 13.1 Å². The summed E-state index contributed by atoms with van der Waals surface area (Å²) in [7, 11) is 0. The van der Waals surface area contributed by atoms with Gasteiger partial charge < -0.3 is 5.32 Å². The molecule has 0 bridgehead atoms. The number of nitrogens with zero attached hydrogens (tertiary/aromatic N) is 1. The van der Waals surface area contributed by atoms with Crippen LogP contribution in [0.1, 0.15) is 50.8 Å². The minimum Gasteiger partial charge on any atom is -0.309 e. The van der Waals surface area contributed by atoms with E-state index >= 15 is 0 Å². The first-order valence-corrected chi connectivity index (χ1v) is 9.22. The van der Waals surface area contributed by atoms with Gasteiger partial charge in [0.15, 0.2) is 0 Å². The van der Waals surface area contributed by atoms with Gasteiger partial charge in [0.2, 0.25) is 0 Å². The lowest BCUT2D eigenvalue weighted by Gasteiger charge is -2.50. The van der Waals surface area contributed by atoms with Crippen molar-refractivity contribution in [1.82, 2.24) is 10.2 Å². The fraction of sp³-hybridized carbons (Fsp3) is 0.778. The monoisotopic (exact) mass is 308 g/mol. The van der Waals surface area contributed by atoms with E-state index in [4.69, 9.17) is 0 Å². The van der Waals surface area contributed by atoms with Crippen LogP contribution in [0, 0.1) is 12.8 Å². The number of nitrogens with one attached hydrogen (secondary N) is 1. The molecule has 0 aliphatic carbocycles. The Morgan fingerprint density at radius 1 is 1.38 bits per heavy atom. The largest absolute Gasteiger partial charge is 0.309 e. The van der Waals surface area contributed by atoms with Crippen LogP contribution in [0.25, 0.3) is 0 Å². The van der Waals surface area contributed by atoms with Crippen molar-refractivity contribution < 1.29 is 0 Å². The smallest absolute Gasteiger partial charge is 0.0278 e. The number of hydrogen-bond donors (Lipinski definition) is 1. The molecule has 1 fully saturated rings. The Labute approximate surface area is 134 Å². The Hall–Kier alpha value is -0.380. The highest BCUT2D eigenvalue weighted by atomic mass is 32.1. The summed E-state index contributed by atoms with van der Waals surface area (Å²) in [6.45, 7) is 16.3. The Bertz CT molecular complexity index is 454. The van der Waals surface area contributed by atoms with Gasteiger partial charge in [-0.05, 0) is 51.7 Å². The SMILES string of the molecule is CCC1(C)CN(C(C)Cc2ccc(C)s2)C(C(C)C)CN1. The van der Waals surface area contributed by atoms with Crippen LogP contribution >= 0.6 is 11.3 Å². The van der Waals surface area contributed by atoms with E-state index in [1.807, 2.05) is 11.3 Å². The van der Waals surface area contributed by atoms with Crippen molar-refractivity contribution in [3.05, 3.63) is 21.9 Å². The molecule has 0 radical (unpaired) electrons. The lowest BCUT2D eigenvalue weighted by Crippen LogP contribution is -2.65. The van der Waals surface area contributed by atoms with E-state index in [2.05, 4.69) is 63.9 Å². The predicted molar refractivity (Wildman–Crippen MR) is 94.3 cm³/mol. The third-order valence-electron chi connectivity index (χ3n) is 5.10. The Morgan fingerprint density at radius 3 is 2.62 bits per heavy atom. The fourth-order valence-electron chi connectivity index (χ4n) is 3.39. The van der Waals surface area contributed by atoms with Crippen LogP contribution < -0.4 is 5.32 Å². The van der Waals surface area contributed by atoms with Gasteiger partial charge in [0, 0.05) is 40.5 Å². The van der Waals surface area contributed by atoms with E-state index < -0.39 is 0 Å². The summed E-state index contributed by atoms with van der Waals surface area (Å²) in [4.78, 5) is 5.72.